The minimum atomic E-state index is -0.271. The Kier molecular flexibility index (Phi) is 3.04. The van der Waals surface area contributed by atoms with Crippen LogP contribution in [0.15, 0.2) is 58.3 Å². The van der Waals surface area contributed by atoms with Gasteiger partial charge in [0.15, 0.2) is 5.58 Å². The molecule has 5 aromatic rings. The van der Waals surface area contributed by atoms with Crippen molar-refractivity contribution >= 4 is 39.4 Å². The first-order valence-electron chi connectivity index (χ1n) is 7.49. The lowest BCUT2D eigenvalue weighted by atomic mass is 10.2. The first kappa shape index (κ1) is 14.1. The zero-order valence-electron chi connectivity index (χ0n) is 12.7. The Morgan fingerprint density at radius 2 is 1.88 bits per heavy atom. The summed E-state index contributed by atoms with van der Waals surface area (Å²) in [6.45, 7) is 0. The quantitative estimate of drug-likeness (QED) is 0.519. The number of rotatable bonds is 3. The van der Waals surface area contributed by atoms with Crippen LogP contribution in [0.1, 0.15) is 0 Å². The number of halogens is 1. The van der Waals surface area contributed by atoms with E-state index >= 15 is 0 Å². The summed E-state index contributed by atoms with van der Waals surface area (Å²) in [6, 6.07) is 14.1. The largest absolute Gasteiger partial charge is 0.423 e. The molecule has 0 spiro atoms. The molecule has 0 unspecified atom stereocenters. The molecular weight excluding hydrogens is 341 g/mol. The highest BCUT2D eigenvalue weighted by Crippen LogP contribution is 2.27. The summed E-state index contributed by atoms with van der Waals surface area (Å²) in [5.41, 5.74) is 3.17. The predicted octanol–water partition coefficient (Wildman–Crippen LogP) is 4.48. The van der Waals surface area contributed by atoms with Gasteiger partial charge in [-0.05, 0) is 36.4 Å². The van der Waals surface area contributed by atoms with Gasteiger partial charge >= 0.3 is 6.01 Å². The van der Waals surface area contributed by atoms with E-state index in [1.54, 1.807) is 16.6 Å². The first-order valence-corrected chi connectivity index (χ1v) is 8.37. The van der Waals surface area contributed by atoms with Gasteiger partial charge in [-0.2, -0.15) is 9.97 Å². The van der Waals surface area contributed by atoms with Crippen molar-refractivity contribution < 1.29 is 8.81 Å². The molecule has 1 N–H and O–H groups in total. The van der Waals surface area contributed by atoms with Crippen LogP contribution in [0, 0.1) is 5.82 Å². The number of oxazole rings is 1. The first-order chi connectivity index (χ1) is 12.3. The molecule has 0 aliphatic carbocycles. The summed E-state index contributed by atoms with van der Waals surface area (Å²) >= 11 is 1.45. The number of fused-ring (bicyclic) bond motifs is 2. The molecule has 3 heterocycles. The van der Waals surface area contributed by atoms with Gasteiger partial charge in [-0.15, -0.1) is 16.4 Å². The maximum atomic E-state index is 13.1. The molecule has 0 amide bonds. The Morgan fingerprint density at radius 1 is 1.04 bits per heavy atom. The van der Waals surface area contributed by atoms with Crippen LogP contribution in [0.4, 0.5) is 16.4 Å². The van der Waals surface area contributed by atoms with Crippen molar-refractivity contribution in [3.63, 3.8) is 0 Å². The van der Waals surface area contributed by atoms with E-state index in [1.165, 1.54) is 23.5 Å². The minimum absolute atomic E-state index is 0.271. The smallest absolute Gasteiger partial charge is 0.302 e. The summed E-state index contributed by atoms with van der Waals surface area (Å²) < 4.78 is 20.5. The SMILES string of the molecule is Fc1ccc(-c2csc3nc(Nc4nc5ccccc5o4)nn23)cc1. The van der Waals surface area contributed by atoms with Crippen molar-refractivity contribution in [3.05, 3.63) is 59.7 Å². The van der Waals surface area contributed by atoms with E-state index in [4.69, 9.17) is 4.42 Å². The summed E-state index contributed by atoms with van der Waals surface area (Å²) in [5.74, 6) is 0.119. The van der Waals surface area contributed by atoms with E-state index in [1.807, 2.05) is 29.6 Å². The number of benzene rings is 2. The van der Waals surface area contributed by atoms with Crippen LogP contribution in [-0.2, 0) is 0 Å². The van der Waals surface area contributed by atoms with Gasteiger partial charge in [0.1, 0.15) is 11.3 Å². The van der Waals surface area contributed by atoms with Crippen molar-refractivity contribution in [2.45, 2.75) is 0 Å². The van der Waals surface area contributed by atoms with Gasteiger partial charge in [0.25, 0.3) is 5.95 Å². The Bertz CT molecular complexity index is 1160. The number of para-hydroxylation sites is 2. The van der Waals surface area contributed by atoms with Crippen molar-refractivity contribution in [3.8, 4) is 11.3 Å². The molecule has 2 aromatic carbocycles. The van der Waals surface area contributed by atoms with Gasteiger partial charge < -0.3 is 4.42 Å². The van der Waals surface area contributed by atoms with Crippen LogP contribution >= 0.6 is 11.3 Å². The monoisotopic (exact) mass is 351 g/mol. The van der Waals surface area contributed by atoms with E-state index in [0.29, 0.717) is 17.5 Å². The molecule has 0 atom stereocenters. The van der Waals surface area contributed by atoms with Gasteiger partial charge in [0.05, 0.1) is 5.69 Å². The van der Waals surface area contributed by atoms with Crippen LogP contribution in [0.3, 0.4) is 0 Å². The maximum Gasteiger partial charge on any atom is 0.302 e. The lowest BCUT2D eigenvalue weighted by Gasteiger charge is -1.98. The van der Waals surface area contributed by atoms with Crippen LogP contribution in [0.25, 0.3) is 27.3 Å². The highest BCUT2D eigenvalue weighted by Gasteiger charge is 2.13. The molecule has 0 saturated carbocycles. The standard InChI is InChI=1S/C17H10FN5OS/c18-11-7-5-10(6-8-11)13-9-25-17-21-15(22-23(13)17)20-16-19-12-3-1-2-4-14(12)24-16/h1-9H,(H,19,20,22). The molecule has 0 saturated heterocycles. The number of anilines is 2. The average Bonchev–Trinajstić information content (AvgIpc) is 3.29. The number of thiazole rings is 1. The molecule has 5 rings (SSSR count). The second-order valence-electron chi connectivity index (χ2n) is 5.37. The zero-order chi connectivity index (χ0) is 16.8. The third-order valence-corrected chi connectivity index (χ3v) is 4.55. The summed E-state index contributed by atoms with van der Waals surface area (Å²) in [7, 11) is 0. The summed E-state index contributed by atoms with van der Waals surface area (Å²) in [4.78, 5) is 9.49. The fourth-order valence-corrected chi connectivity index (χ4v) is 3.41. The number of hydrogen-bond acceptors (Lipinski definition) is 6. The fraction of sp³-hybridized carbons (Fsp3) is 0. The van der Waals surface area contributed by atoms with E-state index in [-0.39, 0.29) is 5.82 Å². The highest BCUT2D eigenvalue weighted by molar-refractivity contribution is 7.15. The van der Waals surface area contributed by atoms with Crippen molar-refractivity contribution in [2.75, 3.05) is 5.32 Å². The number of nitrogens with zero attached hydrogens (tertiary/aromatic N) is 4. The Hall–Kier alpha value is -3.26. The van der Waals surface area contributed by atoms with Crippen molar-refractivity contribution in [1.29, 1.82) is 0 Å². The van der Waals surface area contributed by atoms with Crippen molar-refractivity contribution in [2.24, 2.45) is 0 Å². The topological polar surface area (TPSA) is 68.2 Å². The molecule has 6 nitrogen and oxygen atoms in total. The summed E-state index contributed by atoms with van der Waals surface area (Å²) in [5, 5.41) is 9.37. The number of aromatic nitrogens is 4. The van der Waals surface area contributed by atoms with Crippen molar-refractivity contribution in [1.82, 2.24) is 19.6 Å². The third kappa shape index (κ3) is 2.43. The Labute approximate surface area is 144 Å². The Balaban J connectivity index is 1.51. The highest BCUT2D eigenvalue weighted by atomic mass is 32.1. The van der Waals surface area contributed by atoms with Crippen LogP contribution in [0.2, 0.25) is 0 Å². The normalized spacial score (nSPS) is 11.4. The van der Waals surface area contributed by atoms with E-state index < -0.39 is 0 Å². The molecular formula is C17H10FN5OS. The Morgan fingerprint density at radius 3 is 2.72 bits per heavy atom. The average molecular weight is 351 g/mol. The van der Waals surface area contributed by atoms with Gasteiger partial charge in [-0.3, -0.25) is 5.32 Å². The molecule has 0 fully saturated rings. The zero-order valence-corrected chi connectivity index (χ0v) is 13.5. The van der Waals surface area contributed by atoms with Gasteiger partial charge in [0, 0.05) is 10.9 Å². The molecule has 8 heteroatoms. The third-order valence-electron chi connectivity index (χ3n) is 3.73. The molecule has 0 bridgehead atoms. The molecule has 25 heavy (non-hydrogen) atoms. The number of hydrogen-bond donors (Lipinski definition) is 1. The van der Waals surface area contributed by atoms with Crippen LogP contribution in [-0.4, -0.2) is 19.6 Å². The molecule has 0 radical (unpaired) electrons. The lowest BCUT2D eigenvalue weighted by molar-refractivity contribution is 0.621. The number of nitrogens with one attached hydrogen (secondary N) is 1. The van der Waals surface area contributed by atoms with Gasteiger partial charge in [0.2, 0.25) is 4.96 Å². The second-order valence-corrected chi connectivity index (χ2v) is 6.21. The molecule has 3 aromatic heterocycles. The molecule has 0 aliphatic rings. The van der Waals surface area contributed by atoms with Crippen LogP contribution < -0.4 is 5.32 Å². The fourth-order valence-electron chi connectivity index (χ4n) is 2.57. The van der Waals surface area contributed by atoms with E-state index in [0.717, 1.165) is 21.7 Å². The second kappa shape index (κ2) is 5.38. The maximum absolute atomic E-state index is 13.1. The van der Waals surface area contributed by atoms with Gasteiger partial charge in [-0.1, -0.05) is 12.1 Å². The van der Waals surface area contributed by atoms with E-state index in [9.17, 15) is 4.39 Å². The minimum Gasteiger partial charge on any atom is -0.423 e. The van der Waals surface area contributed by atoms with Gasteiger partial charge in [-0.25, -0.2) is 8.91 Å². The van der Waals surface area contributed by atoms with E-state index in [2.05, 4.69) is 20.4 Å². The molecule has 122 valence electrons. The lowest BCUT2D eigenvalue weighted by Crippen LogP contribution is -1.94. The summed E-state index contributed by atoms with van der Waals surface area (Å²) in [6.07, 6.45) is 0. The predicted molar refractivity (Wildman–Crippen MR) is 93.5 cm³/mol. The van der Waals surface area contributed by atoms with Crippen LogP contribution in [0.5, 0.6) is 0 Å². The molecule has 0 aliphatic heterocycles.